The number of phenols is 1. The van der Waals surface area contributed by atoms with Gasteiger partial charge in [0.05, 0.1) is 0 Å². The van der Waals surface area contributed by atoms with Gasteiger partial charge < -0.3 is 9.84 Å². The van der Waals surface area contributed by atoms with E-state index in [-0.39, 0.29) is 5.91 Å². The van der Waals surface area contributed by atoms with Crippen LogP contribution in [-0.2, 0) is 6.42 Å². The Morgan fingerprint density at radius 1 is 1.21 bits per heavy atom. The maximum atomic E-state index is 13.0. The van der Waals surface area contributed by atoms with Crippen LogP contribution < -0.4 is 9.42 Å². The van der Waals surface area contributed by atoms with E-state index in [1.54, 1.807) is 0 Å². The Bertz CT molecular complexity index is 857. The molecular weight excluding hydrogens is 324 g/mol. The largest absolute Gasteiger partial charge is 0.507 e. The predicted molar refractivity (Wildman–Crippen MR) is 92.1 cm³/mol. The van der Waals surface area contributed by atoms with Crippen molar-refractivity contribution in [1.82, 2.24) is 5.10 Å². The minimum atomic E-state index is -0.955. The van der Waals surface area contributed by atoms with E-state index < -0.39 is 5.60 Å². The van der Waals surface area contributed by atoms with E-state index in [9.17, 15) is 9.90 Å². The van der Waals surface area contributed by atoms with Gasteiger partial charge in [0.2, 0.25) is 5.60 Å². The summed E-state index contributed by atoms with van der Waals surface area (Å²) >= 11 is 1.50. The van der Waals surface area contributed by atoms with Crippen LogP contribution in [0.5, 0.6) is 11.5 Å². The monoisotopic (exact) mass is 347 g/mol. The van der Waals surface area contributed by atoms with E-state index in [2.05, 4.69) is 5.10 Å². The molecule has 0 saturated carbocycles. The van der Waals surface area contributed by atoms with Crippen LogP contribution in [0.3, 0.4) is 0 Å². The van der Waals surface area contributed by atoms with Crippen molar-refractivity contribution in [2.45, 2.75) is 60.0 Å². The number of hydrogen-bond acceptors (Lipinski definition) is 5. The van der Waals surface area contributed by atoms with E-state index in [1.165, 1.54) is 16.0 Å². The number of carbonyl (C=O) groups excluding carboxylic acids is 1. The van der Waals surface area contributed by atoms with Gasteiger partial charge in [0.15, 0.2) is 5.01 Å². The van der Waals surface area contributed by atoms with Gasteiger partial charge in [-0.15, -0.1) is 0 Å². The molecule has 1 aliphatic rings. The van der Waals surface area contributed by atoms with Gasteiger partial charge in [0.25, 0.3) is 5.01 Å². The molecule has 1 aromatic heterocycles. The van der Waals surface area contributed by atoms with Crippen molar-refractivity contribution in [3.8, 4) is 11.5 Å². The fourth-order valence-corrected chi connectivity index (χ4v) is 4.06. The molecule has 1 aliphatic heterocycles. The van der Waals surface area contributed by atoms with E-state index in [0.717, 1.165) is 38.0 Å². The molecule has 2 aromatic rings. The minimum Gasteiger partial charge on any atom is -0.507 e. The van der Waals surface area contributed by atoms with Crippen LogP contribution in [0.25, 0.3) is 0 Å². The van der Waals surface area contributed by atoms with Crippen molar-refractivity contribution in [3.63, 3.8) is 0 Å². The summed E-state index contributed by atoms with van der Waals surface area (Å²) < 4.78 is 7.69. The molecule has 2 heterocycles. The summed E-state index contributed by atoms with van der Waals surface area (Å²) in [6.45, 7) is 11.3. The summed E-state index contributed by atoms with van der Waals surface area (Å²) in [6, 6.07) is 0. The maximum absolute atomic E-state index is 13.0. The molecule has 0 spiro atoms. The second-order valence-electron chi connectivity index (χ2n) is 6.72. The first-order chi connectivity index (χ1) is 11.2. The summed E-state index contributed by atoms with van der Waals surface area (Å²) in [5.74, 6) is 0.915. The normalized spacial score (nSPS) is 19.8. The highest BCUT2D eigenvalue weighted by Crippen LogP contribution is 2.43. The number of rotatable bonds is 1. The Kier molecular flexibility index (Phi) is 3.91. The van der Waals surface area contributed by atoms with Gasteiger partial charge >= 0.3 is 5.91 Å². The Balaban J connectivity index is 2.06. The van der Waals surface area contributed by atoms with Gasteiger partial charge in [-0.3, -0.25) is 0 Å². The first-order valence-electron chi connectivity index (χ1n) is 8.07. The first-order valence-corrected chi connectivity index (χ1v) is 8.89. The van der Waals surface area contributed by atoms with Crippen LogP contribution >= 0.6 is 11.3 Å². The number of phenolic OH excluding ortho intramolecular Hbond substituents is 1. The van der Waals surface area contributed by atoms with Gasteiger partial charge in [-0.05, 0) is 73.7 Å². The van der Waals surface area contributed by atoms with E-state index in [4.69, 9.17) is 4.74 Å². The zero-order chi connectivity index (χ0) is 17.8. The summed E-state index contributed by atoms with van der Waals surface area (Å²) in [7, 11) is 0. The average Bonchev–Trinajstić information content (AvgIpc) is 2.88. The number of aromatic hydroxyl groups is 1. The maximum Gasteiger partial charge on any atom is 0.461 e. The van der Waals surface area contributed by atoms with Crippen LogP contribution in [0.2, 0.25) is 0 Å². The van der Waals surface area contributed by atoms with E-state index in [1.807, 2.05) is 41.5 Å². The predicted octanol–water partition coefficient (Wildman–Crippen LogP) is 3.10. The first kappa shape index (κ1) is 16.9. The highest BCUT2D eigenvalue weighted by atomic mass is 32.1. The number of aryl methyl sites for hydroxylation is 2. The van der Waals surface area contributed by atoms with Crippen LogP contribution in [0.1, 0.15) is 50.4 Å². The summed E-state index contributed by atoms with van der Waals surface area (Å²) in [4.78, 5) is 13.0. The molecule has 0 aliphatic carbocycles. The molecule has 1 N–H and O–H groups in total. The molecule has 3 rings (SSSR count). The van der Waals surface area contributed by atoms with Gasteiger partial charge in [-0.25, -0.2) is 4.79 Å². The number of ether oxygens (including phenoxy) is 1. The molecule has 1 unspecified atom stereocenters. The van der Waals surface area contributed by atoms with Gasteiger partial charge in [-0.1, -0.05) is 0 Å². The lowest BCUT2D eigenvalue weighted by atomic mass is 9.86. The fraction of sp³-hybridized carbons (Fsp3) is 0.500. The molecule has 0 radical (unpaired) electrons. The highest BCUT2D eigenvalue weighted by molar-refractivity contribution is 7.10. The van der Waals surface area contributed by atoms with Gasteiger partial charge in [0.1, 0.15) is 11.5 Å². The molecule has 1 atom stereocenters. The fourth-order valence-electron chi connectivity index (χ4n) is 3.30. The Hall–Kier alpha value is -1.95. The highest BCUT2D eigenvalue weighted by Gasteiger charge is 2.49. The average molecular weight is 347 g/mol. The quantitative estimate of drug-likeness (QED) is 0.805. The molecular formula is C18H23N2O3S+. The van der Waals surface area contributed by atoms with Crippen LogP contribution in [0.4, 0.5) is 0 Å². The minimum absolute atomic E-state index is 0.141. The number of benzene rings is 1. The molecule has 0 saturated heterocycles. The third kappa shape index (κ3) is 2.40. The Morgan fingerprint density at radius 2 is 1.88 bits per heavy atom. The van der Waals surface area contributed by atoms with Crippen molar-refractivity contribution in [3.05, 3.63) is 32.3 Å². The standard InChI is InChI=1S/C18H22N2O3S/c1-9-10(2)16-14(11(3)15(9)21)7-8-18(6,23-16)17(22)20-13(5)24-12(4)19-20/h7-8H2,1-6H3/p+1. The molecule has 6 heteroatoms. The number of nitrogens with zero attached hydrogens (tertiary/aromatic N) is 2. The summed E-state index contributed by atoms with van der Waals surface area (Å²) in [6.07, 6.45) is 1.26. The molecule has 24 heavy (non-hydrogen) atoms. The second kappa shape index (κ2) is 5.55. The molecule has 0 amide bonds. The number of fused-ring (bicyclic) bond motifs is 1. The summed E-state index contributed by atoms with van der Waals surface area (Å²) in [5, 5.41) is 16.3. The zero-order valence-corrected chi connectivity index (χ0v) is 15.8. The van der Waals surface area contributed by atoms with E-state index >= 15 is 0 Å². The van der Waals surface area contributed by atoms with Crippen LogP contribution in [0.15, 0.2) is 0 Å². The van der Waals surface area contributed by atoms with Crippen LogP contribution in [-0.4, -0.2) is 21.7 Å². The SMILES string of the molecule is Cc1n[n+](C(=O)C2(C)CCc3c(C)c(O)c(C)c(C)c3O2)c(C)s1. The molecule has 0 bridgehead atoms. The number of carbonyl (C=O) groups is 1. The Morgan fingerprint density at radius 3 is 2.46 bits per heavy atom. The lowest BCUT2D eigenvalue weighted by Gasteiger charge is -2.33. The lowest BCUT2D eigenvalue weighted by molar-refractivity contribution is -0.643. The molecule has 1 aromatic carbocycles. The Labute approximate surface area is 145 Å². The van der Waals surface area contributed by atoms with Crippen molar-refractivity contribution >= 4 is 17.2 Å². The summed E-state index contributed by atoms with van der Waals surface area (Å²) in [5.41, 5.74) is 2.58. The van der Waals surface area contributed by atoms with E-state index in [0.29, 0.717) is 18.6 Å². The zero-order valence-electron chi connectivity index (χ0n) is 15.0. The number of aromatic nitrogens is 2. The second-order valence-corrected chi connectivity index (χ2v) is 8.11. The molecule has 128 valence electrons. The molecule has 0 fully saturated rings. The van der Waals surface area contributed by atoms with Gasteiger partial charge in [0, 0.05) is 24.0 Å². The van der Waals surface area contributed by atoms with Gasteiger partial charge in [-0.2, -0.15) is 0 Å². The topological polar surface area (TPSA) is 63.3 Å². The van der Waals surface area contributed by atoms with Crippen molar-refractivity contribution in [2.24, 2.45) is 0 Å². The van der Waals surface area contributed by atoms with Crippen molar-refractivity contribution < 1.29 is 19.3 Å². The third-order valence-electron chi connectivity index (χ3n) is 5.00. The molecule has 5 nitrogen and oxygen atoms in total. The van der Waals surface area contributed by atoms with Crippen molar-refractivity contribution in [2.75, 3.05) is 0 Å². The number of hydrogen-bond donors (Lipinski definition) is 1. The smallest absolute Gasteiger partial charge is 0.461 e. The van der Waals surface area contributed by atoms with Crippen molar-refractivity contribution in [1.29, 1.82) is 0 Å². The van der Waals surface area contributed by atoms with Crippen LogP contribution in [0, 0.1) is 34.6 Å². The lowest BCUT2D eigenvalue weighted by Crippen LogP contribution is -2.61. The third-order valence-corrected chi connectivity index (χ3v) is 5.84.